The molecule has 0 saturated heterocycles. The zero-order valence-corrected chi connectivity index (χ0v) is 20.8. The summed E-state index contributed by atoms with van der Waals surface area (Å²) in [5, 5.41) is 4.09. The second kappa shape index (κ2) is 10.5. The van der Waals surface area contributed by atoms with Crippen molar-refractivity contribution in [3.05, 3.63) is 107 Å². The first kappa shape index (κ1) is 26.0. The number of hydrogen-bond donors (Lipinski definition) is 1. The fraction of sp³-hybridized carbons (Fsp3) is 0.241. The summed E-state index contributed by atoms with van der Waals surface area (Å²) in [6.07, 6.45) is -0.795. The van der Waals surface area contributed by atoms with Crippen LogP contribution in [0.4, 0.5) is 18.9 Å². The van der Waals surface area contributed by atoms with Crippen LogP contribution in [0.5, 0.6) is 5.75 Å². The number of rotatable bonds is 7. The highest BCUT2D eigenvalue weighted by atomic mass is 19.4. The number of hydrazone groups is 1. The number of carbonyl (C=O) groups is 1. The minimum absolute atomic E-state index is 0.323. The number of carbonyl (C=O) groups excluding carboxylic acids is 1. The molecule has 8 heteroatoms. The topological polar surface area (TPSA) is 53.9 Å². The number of ether oxygens (including phenoxy) is 1. The molecule has 1 heterocycles. The van der Waals surface area contributed by atoms with Gasteiger partial charge in [0.15, 0.2) is 0 Å². The van der Waals surface area contributed by atoms with Crippen LogP contribution in [-0.2, 0) is 18.0 Å². The van der Waals surface area contributed by atoms with E-state index >= 15 is 0 Å². The van der Waals surface area contributed by atoms with Crippen molar-refractivity contribution in [3.63, 3.8) is 0 Å². The molecule has 192 valence electrons. The molecule has 0 saturated carbocycles. The van der Waals surface area contributed by atoms with Gasteiger partial charge in [0.05, 0.1) is 12.7 Å². The quantitative estimate of drug-likeness (QED) is 0.299. The van der Waals surface area contributed by atoms with E-state index in [1.54, 1.807) is 43.5 Å². The van der Waals surface area contributed by atoms with Crippen molar-refractivity contribution in [3.8, 4) is 5.75 Å². The molecule has 3 aromatic carbocycles. The fourth-order valence-corrected chi connectivity index (χ4v) is 4.81. The molecule has 5 nitrogen and oxygen atoms in total. The second-order valence-corrected chi connectivity index (χ2v) is 8.97. The summed E-state index contributed by atoms with van der Waals surface area (Å²) in [7, 11) is 1.58. The third kappa shape index (κ3) is 5.38. The van der Waals surface area contributed by atoms with Crippen molar-refractivity contribution in [1.82, 2.24) is 5.43 Å². The molecule has 37 heavy (non-hydrogen) atoms. The van der Waals surface area contributed by atoms with Crippen LogP contribution in [-0.4, -0.2) is 25.8 Å². The molecule has 1 atom stereocenters. The van der Waals surface area contributed by atoms with Crippen LogP contribution < -0.4 is 15.1 Å². The Hall–Kier alpha value is -4.07. The van der Waals surface area contributed by atoms with Crippen molar-refractivity contribution in [2.75, 3.05) is 18.6 Å². The Morgan fingerprint density at radius 3 is 2.51 bits per heavy atom. The van der Waals surface area contributed by atoms with E-state index < -0.39 is 17.2 Å². The summed E-state index contributed by atoms with van der Waals surface area (Å²) in [6.45, 7) is 4.64. The van der Waals surface area contributed by atoms with E-state index in [1.807, 2.05) is 38.1 Å². The maximum absolute atomic E-state index is 13.4. The van der Waals surface area contributed by atoms with Gasteiger partial charge in [-0.15, -0.1) is 0 Å². The largest absolute Gasteiger partial charge is 0.497 e. The lowest BCUT2D eigenvalue weighted by Gasteiger charge is -2.30. The van der Waals surface area contributed by atoms with Gasteiger partial charge in [0.2, 0.25) is 0 Å². The highest BCUT2D eigenvalue weighted by Gasteiger charge is 2.43. The number of alkyl halides is 3. The standard InChI is InChI=1S/C29H28F3N3O2/c1-4-35-25-14-13-23(37-3)18-24(25)28(2,19-20-9-8-12-22(17-20)29(30,31)32)26(35)15-16-33-34-27(36)21-10-6-5-7-11-21/h5-18H,4,19H2,1-3H3,(H,34,36)/b26-15-,33-16+. The van der Waals surface area contributed by atoms with Crippen LogP contribution in [0.2, 0.25) is 0 Å². The average Bonchev–Trinajstić information content (AvgIpc) is 3.12. The monoisotopic (exact) mass is 507 g/mol. The minimum Gasteiger partial charge on any atom is -0.497 e. The zero-order chi connectivity index (χ0) is 26.6. The van der Waals surface area contributed by atoms with Crippen LogP contribution >= 0.6 is 0 Å². The summed E-state index contributed by atoms with van der Waals surface area (Å²) in [5.74, 6) is 0.323. The van der Waals surface area contributed by atoms with E-state index in [-0.39, 0.29) is 5.91 Å². The number of nitrogens with zero attached hydrogens (tertiary/aromatic N) is 2. The molecule has 4 rings (SSSR count). The number of halogens is 3. The first-order valence-electron chi connectivity index (χ1n) is 11.9. The number of allylic oxidation sites excluding steroid dienone is 2. The Bertz CT molecular complexity index is 1340. The van der Waals surface area contributed by atoms with E-state index in [0.717, 1.165) is 23.0 Å². The van der Waals surface area contributed by atoms with Crippen molar-refractivity contribution in [1.29, 1.82) is 0 Å². The molecule has 0 aromatic heterocycles. The van der Waals surface area contributed by atoms with Gasteiger partial charge in [0.1, 0.15) is 5.75 Å². The SMILES string of the molecule is CCN1/C(=C\C=N\NC(=O)c2ccccc2)C(C)(Cc2cccc(C(F)(F)F)c2)c2cc(OC)ccc21. The predicted molar refractivity (Wildman–Crippen MR) is 139 cm³/mol. The Labute approximate surface area is 214 Å². The van der Waals surface area contributed by atoms with Gasteiger partial charge in [0, 0.05) is 35.1 Å². The molecule has 0 spiro atoms. The van der Waals surface area contributed by atoms with E-state index in [9.17, 15) is 18.0 Å². The van der Waals surface area contributed by atoms with Crippen LogP contribution in [0.15, 0.2) is 89.7 Å². The molecule has 1 aliphatic rings. The van der Waals surface area contributed by atoms with Gasteiger partial charge < -0.3 is 9.64 Å². The Balaban J connectivity index is 1.72. The van der Waals surface area contributed by atoms with Gasteiger partial charge in [-0.05, 0) is 73.9 Å². The average molecular weight is 508 g/mol. The molecule has 0 radical (unpaired) electrons. The molecular formula is C29H28F3N3O2. The molecule has 1 N–H and O–H groups in total. The van der Waals surface area contributed by atoms with Gasteiger partial charge in [0.25, 0.3) is 5.91 Å². The first-order chi connectivity index (χ1) is 17.7. The summed E-state index contributed by atoms with van der Waals surface area (Å²) in [4.78, 5) is 14.4. The number of methoxy groups -OCH3 is 1. The van der Waals surface area contributed by atoms with Gasteiger partial charge >= 0.3 is 6.18 Å². The molecule has 0 fully saturated rings. The summed E-state index contributed by atoms with van der Waals surface area (Å²) in [6, 6.07) is 19.9. The van der Waals surface area contributed by atoms with Crippen molar-refractivity contribution >= 4 is 17.8 Å². The Morgan fingerprint density at radius 2 is 1.84 bits per heavy atom. The number of likely N-dealkylation sites (N-methyl/N-ethyl adjacent to an activating group) is 1. The first-order valence-corrected chi connectivity index (χ1v) is 11.9. The smallest absolute Gasteiger partial charge is 0.416 e. The minimum atomic E-state index is -4.43. The third-order valence-corrected chi connectivity index (χ3v) is 6.58. The normalized spacial score (nSPS) is 18.3. The van der Waals surface area contributed by atoms with Crippen LogP contribution in [0.25, 0.3) is 0 Å². The summed E-state index contributed by atoms with van der Waals surface area (Å²) < 4.78 is 45.7. The Morgan fingerprint density at radius 1 is 1.08 bits per heavy atom. The van der Waals surface area contributed by atoms with Crippen LogP contribution in [0.3, 0.4) is 0 Å². The molecular weight excluding hydrogens is 479 g/mol. The number of benzene rings is 3. The summed E-state index contributed by atoms with van der Waals surface area (Å²) >= 11 is 0. The highest BCUT2D eigenvalue weighted by molar-refractivity contribution is 5.94. The highest BCUT2D eigenvalue weighted by Crippen LogP contribution is 2.50. The molecule has 1 amide bonds. The molecule has 0 bridgehead atoms. The van der Waals surface area contributed by atoms with Crippen LogP contribution in [0, 0.1) is 0 Å². The lowest BCUT2D eigenvalue weighted by atomic mass is 9.76. The molecule has 1 aliphatic heterocycles. The number of amides is 1. The van der Waals surface area contributed by atoms with Crippen molar-refractivity contribution in [2.24, 2.45) is 5.10 Å². The van der Waals surface area contributed by atoms with Gasteiger partial charge in [-0.25, -0.2) is 5.43 Å². The number of nitrogens with one attached hydrogen (secondary N) is 1. The lowest BCUT2D eigenvalue weighted by molar-refractivity contribution is -0.137. The number of hydrogen-bond acceptors (Lipinski definition) is 4. The third-order valence-electron chi connectivity index (χ3n) is 6.58. The Kier molecular flexibility index (Phi) is 7.38. The molecule has 0 aliphatic carbocycles. The van der Waals surface area contributed by atoms with E-state index in [4.69, 9.17) is 4.74 Å². The van der Waals surface area contributed by atoms with Gasteiger partial charge in [-0.2, -0.15) is 18.3 Å². The van der Waals surface area contributed by atoms with Crippen LogP contribution in [0.1, 0.15) is 40.9 Å². The predicted octanol–water partition coefficient (Wildman–Crippen LogP) is 6.35. The molecule has 3 aromatic rings. The van der Waals surface area contributed by atoms with Crippen molar-refractivity contribution in [2.45, 2.75) is 31.9 Å². The van der Waals surface area contributed by atoms with E-state index in [2.05, 4.69) is 15.4 Å². The second-order valence-electron chi connectivity index (χ2n) is 8.97. The lowest BCUT2D eigenvalue weighted by Crippen LogP contribution is -2.31. The summed E-state index contributed by atoms with van der Waals surface area (Å²) in [5.41, 5.74) is 4.95. The number of fused-ring (bicyclic) bond motifs is 1. The fourth-order valence-electron chi connectivity index (χ4n) is 4.81. The number of anilines is 1. The zero-order valence-electron chi connectivity index (χ0n) is 20.8. The maximum atomic E-state index is 13.4. The van der Waals surface area contributed by atoms with Gasteiger partial charge in [-0.1, -0.05) is 36.4 Å². The molecule has 1 unspecified atom stereocenters. The van der Waals surface area contributed by atoms with Crippen molar-refractivity contribution < 1.29 is 22.7 Å². The maximum Gasteiger partial charge on any atom is 0.416 e. The van der Waals surface area contributed by atoms with E-state index in [1.165, 1.54) is 18.3 Å². The van der Waals surface area contributed by atoms with E-state index in [0.29, 0.717) is 29.8 Å². The van der Waals surface area contributed by atoms with Gasteiger partial charge in [-0.3, -0.25) is 4.79 Å².